The third-order valence-electron chi connectivity index (χ3n) is 3.18. The van der Waals surface area contributed by atoms with Gasteiger partial charge in [0.25, 0.3) is 0 Å². The first-order chi connectivity index (χ1) is 9.04. The molecule has 4 heteroatoms. The smallest absolute Gasteiger partial charge is 0.664 e. The van der Waals surface area contributed by atoms with Crippen LogP contribution in [-0.2, 0) is 11.2 Å². The van der Waals surface area contributed by atoms with Gasteiger partial charge in [-0.3, -0.25) is 4.79 Å². The van der Waals surface area contributed by atoms with E-state index >= 15 is 0 Å². The molecule has 0 unspecified atom stereocenters. The molecule has 0 aliphatic carbocycles. The Labute approximate surface area is 170 Å². The van der Waals surface area contributed by atoms with Gasteiger partial charge >= 0.3 is 51.4 Å². The summed E-state index contributed by atoms with van der Waals surface area (Å²) in [5, 5.41) is 0.585. The van der Waals surface area contributed by atoms with E-state index < -0.39 is 0 Å². The van der Waals surface area contributed by atoms with E-state index in [0.717, 1.165) is 25.7 Å². The molecule has 0 heterocycles. The number of rotatable bonds is 8. The first kappa shape index (κ1) is 20.6. The summed E-state index contributed by atoms with van der Waals surface area (Å²) in [5.74, 6) is 1.14. The molecule has 1 aromatic carbocycles. The van der Waals surface area contributed by atoms with E-state index in [1.807, 2.05) is 32.0 Å². The Bertz CT molecular complexity index is 419. The van der Waals surface area contributed by atoms with Gasteiger partial charge in [-0.2, -0.15) is 7.11 Å². The molecule has 0 aromatic heterocycles. The van der Waals surface area contributed by atoms with Crippen LogP contribution in [0, 0.1) is 13.0 Å². The molecule has 0 N–H and O–H groups in total. The molecule has 0 atom stereocenters. The van der Waals surface area contributed by atoms with Gasteiger partial charge < -0.3 is 4.74 Å². The molecule has 0 saturated carbocycles. The molecule has 0 aliphatic heterocycles. The van der Waals surface area contributed by atoms with Crippen molar-refractivity contribution in [2.75, 3.05) is 0 Å². The second-order valence-corrected chi connectivity index (χ2v) is 5.50. The fourth-order valence-corrected chi connectivity index (χ4v) is 2.08. The second kappa shape index (κ2) is 11.2. The summed E-state index contributed by atoms with van der Waals surface area (Å²) in [5.41, 5.74) is 1.19. The molecular formula is C16H22ClKO2. The van der Waals surface area contributed by atoms with Crippen LogP contribution in [0.15, 0.2) is 18.2 Å². The Kier molecular flexibility index (Phi) is 11.6. The predicted octanol–water partition coefficient (Wildman–Crippen LogP) is 1.84. The number of aryl methyl sites for hydroxylation is 1. The third-order valence-corrected chi connectivity index (χ3v) is 3.50. The van der Waals surface area contributed by atoms with Crippen molar-refractivity contribution in [1.29, 1.82) is 0 Å². The molecule has 0 radical (unpaired) electrons. The topological polar surface area (TPSA) is 26.3 Å². The van der Waals surface area contributed by atoms with Crippen molar-refractivity contribution in [3.05, 3.63) is 35.9 Å². The van der Waals surface area contributed by atoms with Crippen LogP contribution in [-0.4, -0.2) is 5.78 Å². The Balaban J connectivity index is 0.00000361. The molecular weight excluding hydrogens is 299 g/mol. The number of ketones is 1. The summed E-state index contributed by atoms with van der Waals surface area (Å²) in [7, 11) is 3.38. The van der Waals surface area contributed by atoms with E-state index in [-0.39, 0.29) is 57.3 Å². The third kappa shape index (κ3) is 7.58. The summed E-state index contributed by atoms with van der Waals surface area (Å²) in [6.45, 7) is 3.91. The minimum absolute atomic E-state index is 0. The Hall–Kier alpha value is 0.616. The zero-order valence-corrected chi connectivity index (χ0v) is 16.6. The number of hydrogen-bond donors (Lipinski definition) is 0. The Morgan fingerprint density at radius 1 is 1.30 bits per heavy atom. The van der Waals surface area contributed by atoms with Crippen LogP contribution in [0.5, 0.6) is 5.75 Å². The molecule has 1 aromatic rings. The van der Waals surface area contributed by atoms with Gasteiger partial charge in [-0.05, 0) is 37.0 Å². The van der Waals surface area contributed by atoms with Crippen molar-refractivity contribution in [3.63, 3.8) is 0 Å². The van der Waals surface area contributed by atoms with E-state index in [4.69, 9.17) is 16.3 Å². The fourth-order valence-electron chi connectivity index (χ4n) is 1.91. The fraction of sp³-hybridized carbons (Fsp3) is 0.500. The van der Waals surface area contributed by atoms with Gasteiger partial charge in [0.1, 0.15) is 11.5 Å². The van der Waals surface area contributed by atoms with Crippen molar-refractivity contribution in [2.45, 2.75) is 46.0 Å². The maximum absolute atomic E-state index is 11.5. The van der Waals surface area contributed by atoms with Gasteiger partial charge in [0.15, 0.2) is 0 Å². The largest absolute Gasteiger partial charge is 1.00 e. The molecule has 0 fully saturated rings. The Morgan fingerprint density at radius 3 is 2.60 bits per heavy atom. The average molecular weight is 321 g/mol. The van der Waals surface area contributed by atoms with Crippen LogP contribution in [0.25, 0.3) is 0 Å². The van der Waals surface area contributed by atoms with Crippen LogP contribution >= 0.6 is 11.6 Å². The summed E-state index contributed by atoms with van der Waals surface area (Å²) in [4.78, 5) is 11.5. The minimum atomic E-state index is 0. The van der Waals surface area contributed by atoms with Crippen LogP contribution in [0.4, 0.5) is 0 Å². The van der Waals surface area contributed by atoms with Crippen molar-refractivity contribution >= 4 is 17.4 Å². The number of hydrogen-bond acceptors (Lipinski definition) is 2. The summed E-state index contributed by atoms with van der Waals surface area (Å²) in [6, 6.07) is 5.76. The maximum Gasteiger partial charge on any atom is 1.00 e. The first-order valence-electron chi connectivity index (χ1n) is 6.77. The maximum atomic E-state index is 11.5. The van der Waals surface area contributed by atoms with Gasteiger partial charge in [-0.15, -0.1) is 0 Å². The molecule has 20 heavy (non-hydrogen) atoms. The number of Topliss-reactive ketones (excluding diaryl/α,β-unsaturated/α-hetero) is 1. The van der Waals surface area contributed by atoms with Gasteiger partial charge in [0, 0.05) is 12.3 Å². The van der Waals surface area contributed by atoms with Crippen LogP contribution < -0.4 is 56.1 Å². The van der Waals surface area contributed by atoms with Crippen molar-refractivity contribution in [2.24, 2.45) is 5.92 Å². The summed E-state index contributed by atoms with van der Waals surface area (Å²) >= 11 is 5.94. The number of unbranched alkanes of at least 4 members (excludes halogenated alkanes) is 2. The van der Waals surface area contributed by atoms with Crippen LogP contribution in [0.1, 0.15) is 45.1 Å². The average Bonchev–Trinajstić information content (AvgIpc) is 2.39. The SMILES string of the molecule is [CH2-]Oc1cc(CCCCCC(=O)C(C)C)ccc1Cl.[K+]. The molecule has 0 spiro atoms. The van der Waals surface area contributed by atoms with Gasteiger partial charge in [0.2, 0.25) is 0 Å². The number of ether oxygens (including phenoxy) is 1. The summed E-state index contributed by atoms with van der Waals surface area (Å²) in [6.07, 6.45) is 4.80. The van der Waals surface area contributed by atoms with E-state index in [2.05, 4.69) is 7.11 Å². The predicted molar refractivity (Wildman–Crippen MR) is 79.5 cm³/mol. The van der Waals surface area contributed by atoms with Gasteiger partial charge in [-0.25, -0.2) is 0 Å². The van der Waals surface area contributed by atoms with E-state index in [9.17, 15) is 4.79 Å². The van der Waals surface area contributed by atoms with E-state index in [1.165, 1.54) is 5.56 Å². The van der Waals surface area contributed by atoms with E-state index in [0.29, 0.717) is 23.0 Å². The minimum Gasteiger partial charge on any atom is -0.664 e. The number of carbonyl (C=O) groups excluding carboxylic acids is 1. The zero-order valence-electron chi connectivity index (χ0n) is 12.7. The number of benzene rings is 1. The van der Waals surface area contributed by atoms with Gasteiger partial charge in [-0.1, -0.05) is 37.9 Å². The van der Waals surface area contributed by atoms with Crippen LogP contribution in [0.3, 0.4) is 0 Å². The molecule has 0 aliphatic rings. The van der Waals surface area contributed by atoms with Crippen molar-refractivity contribution in [3.8, 4) is 5.75 Å². The molecule has 0 amide bonds. The van der Waals surface area contributed by atoms with Crippen LogP contribution in [0.2, 0.25) is 5.02 Å². The molecule has 0 saturated heterocycles. The quantitative estimate of drug-likeness (QED) is 0.415. The summed E-state index contributed by atoms with van der Waals surface area (Å²) < 4.78 is 4.94. The van der Waals surface area contributed by atoms with Crippen molar-refractivity contribution in [1.82, 2.24) is 0 Å². The second-order valence-electron chi connectivity index (χ2n) is 5.09. The number of carbonyl (C=O) groups is 1. The number of halogens is 1. The molecule has 106 valence electrons. The van der Waals surface area contributed by atoms with Gasteiger partial charge in [0.05, 0.1) is 5.02 Å². The zero-order chi connectivity index (χ0) is 14.3. The first-order valence-corrected chi connectivity index (χ1v) is 7.15. The van der Waals surface area contributed by atoms with E-state index in [1.54, 1.807) is 0 Å². The monoisotopic (exact) mass is 320 g/mol. The Morgan fingerprint density at radius 2 is 2.00 bits per heavy atom. The standard InChI is InChI=1S/C16H22ClO2.K/c1-12(2)15(18)8-6-4-5-7-13-9-10-14(17)16(11-13)19-3;/h9-12H,3-8H2,1-2H3;/q-1;+1. The molecule has 1 rings (SSSR count). The van der Waals surface area contributed by atoms with Crippen molar-refractivity contribution < 1.29 is 60.9 Å². The molecule has 0 bridgehead atoms. The molecule has 2 nitrogen and oxygen atoms in total. The normalized spacial score (nSPS) is 10.2.